The molecule has 1 heterocycles. The zero-order valence-corrected chi connectivity index (χ0v) is 16.1. The highest BCUT2D eigenvalue weighted by Gasteiger charge is 2.30. The summed E-state index contributed by atoms with van der Waals surface area (Å²) in [6, 6.07) is 5.79. The van der Waals surface area contributed by atoms with Crippen LogP contribution in [0.15, 0.2) is 35.4 Å². The van der Waals surface area contributed by atoms with Gasteiger partial charge in [0, 0.05) is 23.7 Å². The third kappa shape index (κ3) is 5.59. The molecule has 0 radical (unpaired) electrons. The first-order chi connectivity index (χ1) is 12.4. The van der Waals surface area contributed by atoms with Crippen LogP contribution in [0.25, 0.3) is 0 Å². The van der Waals surface area contributed by atoms with Gasteiger partial charge in [0.2, 0.25) is 5.95 Å². The third-order valence-electron chi connectivity index (χ3n) is 3.86. The Hall–Kier alpha value is -2.30. The van der Waals surface area contributed by atoms with Gasteiger partial charge in [-0.1, -0.05) is 0 Å². The highest BCUT2D eigenvalue weighted by atomic mass is 32.2. The number of aliphatic hydroxyl groups excluding tert-OH is 1. The Balaban J connectivity index is 2.32. The van der Waals surface area contributed by atoms with Crippen molar-refractivity contribution in [1.82, 2.24) is 9.97 Å². The predicted octanol–water partition coefficient (Wildman–Crippen LogP) is 2.46. The van der Waals surface area contributed by atoms with E-state index in [4.69, 9.17) is 5.14 Å². The molecule has 0 aliphatic heterocycles. The molecule has 10 heteroatoms. The fraction of sp³-hybridized carbons (Fsp3) is 0.353. The molecule has 0 aliphatic rings. The molecule has 148 valence electrons. The highest BCUT2D eigenvalue weighted by Crippen LogP contribution is 2.32. The highest BCUT2D eigenvalue weighted by molar-refractivity contribution is 7.98. The average Bonchev–Trinajstić information content (AvgIpc) is 2.53. The molecule has 0 saturated carbocycles. The first-order valence-corrected chi connectivity index (χ1v) is 9.89. The van der Waals surface area contributed by atoms with Crippen LogP contribution in [0.4, 0.5) is 26.2 Å². The van der Waals surface area contributed by atoms with Gasteiger partial charge in [0.1, 0.15) is 5.82 Å². The van der Waals surface area contributed by atoms with Crippen molar-refractivity contribution < 1.29 is 18.1 Å². The van der Waals surface area contributed by atoms with Crippen LogP contribution in [0.3, 0.4) is 0 Å². The maximum Gasteiger partial charge on any atom is 0.275 e. The molecule has 0 spiro atoms. The molecular formula is C17H23F2N5O2S. The summed E-state index contributed by atoms with van der Waals surface area (Å²) in [5.41, 5.74) is 0.170. The zero-order chi connectivity index (χ0) is 20.4. The van der Waals surface area contributed by atoms with Crippen molar-refractivity contribution >= 4 is 33.0 Å². The topological polar surface area (TPSA) is 113 Å². The lowest BCUT2D eigenvalue weighted by atomic mass is 10.1. The van der Waals surface area contributed by atoms with E-state index in [1.165, 1.54) is 0 Å². The number of hydrogen-bond donors (Lipinski definition) is 4. The third-order valence-corrected chi connectivity index (χ3v) is 4.93. The summed E-state index contributed by atoms with van der Waals surface area (Å²) in [6.45, 7) is 3.94. The van der Waals surface area contributed by atoms with E-state index in [-0.39, 0.29) is 17.3 Å². The maximum absolute atomic E-state index is 13.8. The minimum atomic E-state index is -3.16. The summed E-state index contributed by atoms with van der Waals surface area (Å²) in [5, 5.41) is 20.8. The standard InChI is InChI=1S/C17H23F2N5O2S/c1-10(11(2)25)22-15-14(17(3,18)19)9-21-16(24-15)23-12-5-7-13(8-6-12)27(4,20)26/h5-11,25H,4H2,1-3H3,(H2,20,26)(H2,21,22,23,24). The van der Waals surface area contributed by atoms with Crippen molar-refractivity contribution in [3.63, 3.8) is 0 Å². The lowest BCUT2D eigenvalue weighted by molar-refractivity contribution is 0.0175. The number of hydrogen-bond acceptors (Lipinski definition) is 6. The summed E-state index contributed by atoms with van der Waals surface area (Å²) >= 11 is 0. The number of rotatable bonds is 7. The second-order valence-electron chi connectivity index (χ2n) is 6.39. The molecule has 7 nitrogen and oxygen atoms in total. The largest absolute Gasteiger partial charge is 0.391 e. The summed E-state index contributed by atoms with van der Waals surface area (Å²) in [4.78, 5) is 8.41. The number of benzene rings is 1. The van der Waals surface area contributed by atoms with E-state index in [1.807, 2.05) is 0 Å². The first kappa shape index (κ1) is 21.0. The fourth-order valence-electron chi connectivity index (χ4n) is 2.11. The van der Waals surface area contributed by atoms with Crippen LogP contribution in [-0.4, -0.2) is 37.3 Å². The average molecular weight is 399 g/mol. The van der Waals surface area contributed by atoms with E-state index >= 15 is 0 Å². The SMILES string of the molecule is C=S(N)(=O)c1ccc(Nc2ncc(C(C)(F)F)c(NC(C)C(C)O)n2)cc1. The molecule has 27 heavy (non-hydrogen) atoms. The van der Waals surface area contributed by atoms with Crippen LogP contribution >= 0.6 is 0 Å². The number of anilines is 3. The second-order valence-corrected chi connectivity index (χ2v) is 8.32. The Morgan fingerprint density at radius 3 is 2.37 bits per heavy atom. The van der Waals surface area contributed by atoms with E-state index < -0.39 is 27.8 Å². The van der Waals surface area contributed by atoms with Crippen LogP contribution in [-0.2, 0) is 15.6 Å². The maximum atomic E-state index is 13.8. The van der Waals surface area contributed by atoms with Gasteiger partial charge in [0.15, 0.2) is 0 Å². The van der Waals surface area contributed by atoms with Crippen LogP contribution in [0, 0.1) is 0 Å². The summed E-state index contributed by atoms with van der Waals surface area (Å²) in [7, 11) is -2.82. The first-order valence-electron chi connectivity index (χ1n) is 8.10. The summed E-state index contributed by atoms with van der Waals surface area (Å²) < 4.78 is 39.4. The Morgan fingerprint density at radius 1 is 1.30 bits per heavy atom. The van der Waals surface area contributed by atoms with Gasteiger partial charge in [-0.3, -0.25) is 5.14 Å². The van der Waals surface area contributed by atoms with E-state index in [2.05, 4.69) is 26.5 Å². The van der Waals surface area contributed by atoms with Crippen molar-refractivity contribution in [2.75, 3.05) is 10.6 Å². The molecule has 0 aliphatic carbocycles. The molecule has 1 aromatic carbocycles. The van der Waals surface area contributed by atoms with Gasteiger partial charge in [-0.05, 0) is 44.0 Å². The van der Waals surface area contributed by atoms with Crippen molar-refractivity contribution in [3.05, 3.63) is 36.0 Å². The lowest BCUT2D eigenvalue weighted by Gasteiger charge is -2.22. The van der Waals surface area contributed by atoms with Crippen LogP contribution in [0.1, 0.15) is 26.3 Å². The van der Waals surface area contributed by atoms with Gasteiger partial charge in [0.05, 0.1) is 27.4 Å². The molecule has 3 unspecified atom stereocenters. The Bertz CT molecular complexity index is 897. The number of nitrogens with two attached hydrogens (primary N) is 1. The number of nitrogens with one attached hydrogen (secondary N) is 2. The van der Waals surface area contributed by atoms with E-state index in [0.717, 1.165) is 13.1 Å². The zero-order valence-electron chi connectivity index (χ0n) is 15.2. The number of aliphatic hydroxyl groups is 1. The lowest BCUT2D eigenvalue weighted by Crippen LogP contribution is -2.30. The predicted molar refractivity (Wildman–Crippen MR) is 104 cm³/mol. The van der Waals surface area contributed by atoms with E-state index in [9.17, 15) is 18.1 Å². The molecule has 1 aromatic heterocycles. The normalized spacial score (nSPS) is 16.3. The number of nitrogens with zero attached hydrogens (tertiary/aromatic N) is 2. The molecule has 0 bridgehead atoms. The summed E-state index contributed by atoms with van der Waals surface area (Å²) in [6.07, 6.45) is 0.264. The van der Waals surface area contributed by atoms with Crippen LogP contribution in [0.2, 0.25) is 0 Å². The molecular weight excluding hydrogens is 376 g/mol. The van der Waals surface area contributed by atoms with Gasteiger partial charge in [-0.15, -0.1) is 0 Å². The molecule has 3 atom stereocenters. The van der Waals surface area contributed by atoms with Crippen LogP contribution < -0.4 is 15.8 Å². The minimum Gasteiger partial charge on any atom is -0.391 e. The van der Waals surface area contributed by atoms with Gasteiger partial charge >= 0.3 is 0 Å². The molecule has 0 amide bonds. The van der Waals surface area contributed by atoms with Gasteiger partial charge in [-0.25, -0.2) is 18.0 Å². The molecule has 0 saturated heterocycles. The number of alkyl halides is 2. The fourth-order valence-corrected chi connectivity index (χ4v) is 2.70. The quantitative estimate of drug-likeness (QED) is 0.532. The number of aromatic nitrogens is 2. The Labute approximate surface area is 157 Å². The molecule has 5 N–H and O–H groups in total. The van der Waals surface area contributed by atoms with Crippen molar-refractivity contribution in [2.24, 2.45) is 5.14 Å². The Kier molecular flexibility index (Phi) is 6.03. The van der Waals surface area contributed by atoms with Crippen molar-refractivity contribution in [2.45, 2.75) is 43.7 Å². The van der Waals surface area contributed by atoms with Gasteiger partial charge < -0.3 is 15.7 Å². The number of halogens is 2. The molecule has 2 rings (SSSR count). The van der Waals surface area contributed by atoms with E-state index in [0.29, 0.717) is 10.6 Å². The smallest absolute Gasteiger partial charge is 0.275 e. The van der Waals surface area contributed by atoms with Crippen molar-refractivity contribution in [3.8, 4) is 0 Å². The monoisotopic (exact) mass is 399 g/mol. The van der Waals surface area contributed by atoms with Crippen molar-refractivity contribution in [1.29, 1.82) is 0 Å². The van der Waals surface area contributed by atoms with Crippen LogP contribution in [0.5, 0.6) is 0 Å². The second kappa shape index (κ2) is 7.75. The Morgan fingerprint density at radius 2 is 1.89 bits per heavy atom. The van der Waals surface area contributed by atoms with E-state index in [1.54, 1.807) is 38.1 Å². The van der Waals surface area contributed by atoms with Gasteiger partial charge in [0.25, 0.3) is 5.92 Å². The van der Waals surface area contributed by atoms with Gasteiger partial charge in [-0.2, -0.15) is 4.98 Å². The summed E-state index contributed by atoms with van der Waals surface area (Å²) in [5.74, 6) is 0.251. The molecule has 2 aromatic rings. The minimum absolute atomic E-state index is 0.0762. The molecule has 0 fully saturated rings.